The summed E-state index contributed by atoms with van der Waals surface area (Å²) >= 11 is 6.07. The minimum atomic E-state index is -0.437. The lowest BCUT2D eigenvalue weighted by Crippen LogP contribution is -2.14. The Kier molecular flexibility index (Phi) is 5.86. The Hall–Kier alpha value is -3.45. The first-order chi connectivity index (χ1) is 13.5. The highest BCUT2D eigenvalue weighted by molar-refractivity contribution is 6.31. The van der Waals surface area contributed by atoms with Crippen LogP contribution in [0.3, 0.4) is 0 Å². The van der Waals surface area contributed by atoms with E-state index in [9.17, 15) is 9.59 Å². The van der Waals surface area contributed by atoms with Gasteiger partial charge < -0.3 is 15.4 Å². The number of anilines is 3. The summed E-state index contributed by atoms with van der Waals surface area (Å²) in [4.78, 5) is 32.3. The normalized spacial score (nSPS) is 10.2. The van der Waals surface area contributed by atoms with E-state index in [1.165, 1.54) is 19.5 Å². The van der Waals surface area contributed by atoms with E-state index in [1.54, 1.807) is 42.5 Å². The van der Waals surface area contributed by atoms with Gasteiger partial charge in [-0.15, -0.1) is 0 Å². The van der Waals surface area contributed by atoms with Crippen LogP contribution < -0.4 is 10.6 Å². The van der Waals surface area contributed by atoms with Gasteiger partial charge in [-0.05, 0) is 42.8 Å². The number of nitrogens with zero attached hydrogens (tertiary/aromatic N) is 2. The van der Waals surface area contributed by atoms with Crippen molar-refractivity contribution in [1.82, 2.24) is 9.97 Å². The Balaban J connectivity index is 1.70. The first-order valence-corrected chi connectivity index (χ1v) is 8.69. The fourth-order valence-electron chi connectivity index (χ4n) is 2.42. The van der Waals surface area contributed by atoms with E-state index in [0.717, 1.165) is 5.56 Å². The summed E-state index contributed by atoms with van der Waals surface area (Å²) in [5.74, 6) is -0.491. The van der Waals surface area contributed by atoms with Crippen molar-refractivity contribution >= 4 is 40.8 Å². The van der Waals surface area contributed by atoms with Crippen LogP contribution in [-0.2, 0) is 4.74 Å². The molecule has 3 rings (SSSR count). The third-order valence-corrected chi connectivity index (χ3v) is 4.38. The number of carbonyl (C=O) groups is 2. The summed E-state index contributed by atoms with van der Waals surface area (Å²) in [7, 11) is 1.32. The number of hydrogen-bond acceptors (Lipinski definition) is 6. The van der Waals surface area contributed by atoms with Gasteiger partial charge in [0.1, 0.15) is 0 Å². The van der Waals surface area contributed by atoms with E-state index in [2.05, 4.69) is 20.6 Å². The highest BCUT2D eigenvalue weighted by Gasteiger charge is 2.11. The number of carbonyl (C=O) groups excluding carboxylic acids is 2. The molecule has 2 aromatic carbocycles. The molecule has 3 aromatic rings. The number of rotatable bonds is 5. The fourth-order valence-corrected chi connectivity index (χ4v) is 2.59. The van der Waals surface area contributed by atoms with E-state index >= 15 is 0 Å². The van der Waals surface area contributed by atoms with Crippen LogP contribution in [0.15, 0.2) is 54.9 Å². The third-order valence-electron chi connectivity index (χ3n) is 3.97. The van der Waals surface area contributed by atoms with Gasteiger partial charge in [-0.1, -0.05) is 23.7 Å². The van der Waals surface area contributed by atoms with Gasteiger partial charge in [-0.3, -0.25) is 4.79 Å². The Bertz CT molecular complexity index is 1020. The van der Waals surface area contributed by atoms with E-state index in [0.29, 0.717) is 27.5 Å². The van der Waals surface area contributed by atoms with Gasteiger partial charge >= 0.3 is 5.97 Å². The summed E-state index contributed by atoms with van der Waals surface area (Å²) in [6.07, 6.45) is 2.82. The van der Waals surface area contributed by atoms with Crippen LogP contribution in [0.5, 0.6) is 0 Å². The van der Waals surface area contributed by atoms with Crippen LogP contribution in [0.25, 0.3) is 0 Å². The molecule has 1 heterocycles. The predicted octanol–water partition coefficient (Wildman–Crippen LogP) is 4.22. The van der Waals surface area contributed by atoms with Crippen molar-refractivity contribution in [3.63, 3.8) is 0 Å². The van der Waals surface area contributed by atoms with Crippen molar-refractivity contribution in [3.05, 3.63) is 76.6 Å². The lowest BCUT2D eigenvalue weighted by atomic mass is 10.2. The Morgan fingerprint density at radius 1 is 1.04 bits per heavy atom. The molecule has 2 N–H and O–H groups in total. The molecule has 142 valence electrons. The first-order valence-electron chi connectivity index (χ1n) is 8.32. The molecular weight excluding hydrogens is 380 g/mol. The Morgan fingerprint density at radius 2 is 1.75 bits per heavy atom. The summed E-state index contributed by atoms with van der Waals surface area (Å²) in [5.41, 5.74) is 2.73. The average molecular weight is 397 g/mol. The molecule has 7 nitrogen and oxygen atoms in total. The summed E-state index contributed by atoms with van der Waals surface area (Å²) in [5, 5.41) is 6.34. The van der Waals surface area contributed by atoms with Gasteiger partial charge in [-0.25, -0.2) is 14.8 Å². The van der Waals surface area contributed by atoms with E-state index in [-0.39, 0.29) is 11.9 Å². The molecule has 28 heavy (non-hydrogen) atoms. The van der Waals surface area contributed by atoms with Crippen molar-refractivity contribution in [2.75, 3.05) is 17.7 Å². The highest BCUT2D eigenvalue weighted by atomic mass is 35.5. The standard InChI is InChI=1S/C20H17ClN4O3/c1-12-16(21)7-4-8-17(12)25-18(26)14-10-22-20(23-11-14)24-15-6-3-5-13(9-15)19(27)28-2/h3-11H,1-2H3,(H,25,26)(H,22,23,24). The maximum atomic E-state index is 12.4. The lowest BCUT2D eigenvalue weighted by Gasteiger charge is -2.10. The zero-order chi connectivity index (χ0) is 20.1. The molecule has 0 aliphatic rings. The number of aromatic nitrogens is 2. The minimum absolute atomic E-state index is 0.289. The topological polar surface area (TPSA) is 93.2 Å². The number of hydrogen-bond donors (Lipinski definition) is 2. The lowest BCUT2D eigenvalue weighted by molar-refractivity contribution is 0.0600. The molecule has 0 atom stereocenters. The predicted molar refractivity (Wildman–Crippen MR) is 107 cm³/mol. The van der Waals surface area contributed by atoms with E-state index in [4.69, 9.17) is 16.3 Å². The van der Waals surface area contributed by atoms with Gasteiger partial charge in [0.2, 0.25) is 5.95 Å². The second kappa shape index (κ2) is 8.49. The number of amides is 1. The molecule has 0 fully saturated rings. The third kappa shape index (κ3) is 4.44. The van der Waals surface area contributed by atoms with Crippen molar-refractivity contribution in [1.29, 1.82) is 0 Å². The van der Waals surface area contributed by atoms with Crippen LogP contribution in [0.4, 0.5) is 17.3 Å². The van der Waals surface area contributed by atoms with Crippen molar-refractivity contribution in [3.8, 4) is 0 Å². The fraction of sp³-hybridized carbons (Fsp3) is 0.100. The summed E-state index contributed by atoms with van der Waals surface area (Å²) < 4.78 is 4.70. The van der Waals surface area contributed by atoms with Crippen LogP contribution in [0.1, 0.15) is 26.3 Å². The quantitative estimate of drug-likeness (QED) is 0.627. The number of halogens is 1. The minimum Gasteiger partial charge on any atom is -0.465 e. The highest BCUT2D eigenvalue weighted by Crippen LogP contribution is 2.23. The molecule has 0 aliphatic heterocycles. The molecule has 0 bridgehead atoms. The van der Waals surface area contributed by atoms with Crippen molar-refractivity contribution in [2.45, 2.75) is 6.92 Å². The molecule has 0 radical (unpaired) electrons. The number of methoxy groups -OCH3 is 1. The molecule has 0 spiro atoms. The molecule has 0 unspecified atom stereocenters. The molecule has 1 aromatic heterocycles. The van der Waals surface area contributed by atoms with Crippen molar-refractivity contribution in [2.24, 2.45) is 0 Å². The number of benzene rings is 2. The van der Waals surface area contributed by atoms with E-state index < -0.39 is 5.97 Å². The molecule has 0 aliphatic carbocycles. The van der Waals surface area contributed by atoms with Gasteiger partial charge in [0.15, 0.2) is 0 Å². The van der Waals surface area contributed by atoms with Crippen LogP contribution in [0, 0.1) is 6.92 Å². The first kappa shape index (κ1) is 19.3. The second-order valence-electron chi connectivity index (χ2n) is 5.86. The smallest absolute Gasteiger partial charge is 0.337 e. The maximum Gasteiger partial charge on any atom is 0.337 e. The van der Waals surface area contributed by atoms with Crippen LogP contribution >= 0.6 is 11.6 Å². The monoisotopic (exact) mass is 396 g/mol. The molecule has 0 saturated heterocycles. The van der Waals surface area contributed by atoms with Crippen LogP contribution in [-0.4, -0.2) is 29.0 Å². The van der Waals surface area contributed by atoms with Gasteiger partial charge in [0.25, 0.3) is 5.91 Å². The maximum absolute atomic E-state index is 12.4. The van der Waals surface area contributed by atoms with Gasteiger partial charge in [0, 0.05) is 28.8 Å². The van der Waals surface area contributed by atoms with E-state index in [1.807, 2.05) is 6.92 Å². The number of esters is 1. The molecular formula is C20H17ClN4O3. The molecule has 0 saturated carbocycles. The number of ether oxygens (including phenoxy) is 1. The average Bonchev–Trinajstić information content (AvgIpc) is 2.71. The zero-order valence-electron chi connectivity index (χ0n) is 15.2. The summed E-state index contributed by atoms with van der Waals surface area (Å²) in [6.45, 7) is 1.82. The Morgan fingerprint density at radius 3 is 2.46 bits per heavy atom. The summed E-state index contributed by atoms with van der Waals surface area (Å²) in [6, 6.07) is 12.0. The molecule has 1 amide bonds. The second-order valence-corrected chi connectivity index (χ2v) is 6.27. The zero-order valence-corrected chi connectivity index (χ0v) is 15.9. The molecule has 8 heteroatoms. The SMILES string of the molecule is COC(=O)c1cccc(Nc2ncc(C(=O)Nc3cccc(Cl)c3C)cn2)c1. The largest absolute Gasteiger partial charge is 0.465 e. The van der Waals surface area contributed by atoms with Crippen LogP contribution in [0.2, 0.25) is 5.02 Å². The van der Waals surface area contributed by atoms with Gasteiger partial charge in [0.05, 0.1) is 18.2 Å². The van der Waals surface area contributed by atoms with Gasteiger partial charge in [-0.2, -0.15) is 0 Å². The Labute approximate surface area is 166 Å². The number of nitrogens with one attached hydrogen (secondary N) is 2. The van der Waals surface area contributed by atoms with Crippen molar-refractivity contribution < 1.29 is 14.3 Å².